The average molecular weight is 695 g/mol. The molecule has 8 nitrogen and oxygen atoms in total. The van der Waals surface area contributed by atoms with Crippen LogP contribution in [0.5, 0.6) is 0 Å². The van der Waals surface area contributed by atoms with Gasteiger partial charge in [0.2, 0.25) is 5.91 Å². The molecule has 2 aliphatic carbocycles. The Labute approximate surface area is 297 Å². The van der Waals surface area contributed by atoms with E-state index in [-0.39, 0.29) is 34.6 Å². The van der Waals surface area contributed by atoms with Crippen LogP contribution in [0.3, 0.4) is 0 Å². The normalized spacial score (nSPS) is 37.0. The number of carbonyl (C=O) groups excluding carboxylic acids is 1. The molecule has 1 aromatic carbocycles. The Morgan fingerprint density at radius 2 is 1.92 bits per heavy atom. The molecule has 1 aromatic rings. The van der Waals surface area contributed by atoms with Crippen molar-refractivity contribution in [3.05, 3.63) is 42.5 Å². The van der Waals surface area contributed by atoms with Gasteiger partial charge < -0.3 is 14.5 Å². The molecule has 48 heavy (non-hydrogen) atoms. The Bertz CT molecular complexity index is 1340. The molecule has 262 valence electrons. The molecule has 5 fully saturated rings. The van der Waals surface area contributed by atoms with E-state index in [9.17, 15) is 10.1 Å². The highest BCUT2D eigenvalue weighted by atomic mass is 35.5. The summed E-state index contributed by atoms with van der Waals surface area (Å²) in [7, 11) is 2.24. The molecular weight excluding hydrogens is 640 g/mol. The maximum atomic E-state index is 12.9. The first kappa shape index (κ1) is 34.8. The third-order valence-electron chi connectivity index (χ3n) is 12.5. The lowest BCUT2D eigenvalue weighted by atomic mass is 9.72. The topological polar surface area (TPSA) is 75.1 Å². The van der Waals surface area contributed by atoms with Crippen LogP contribution in [0.4, 0.5) is 0 Å². The monoisotopic (exact) mass is 694 g/mol. The fourth-order valence-corrected chi connectivity index (χ4v) is 12.3. The van der Waals surface area contributed by atoms with E-state index in [0.29, 0.717) is 43.6 Å². The number of alkyl halides is 1. The van der Waals surface area contributed by atoms with Gasteiger partial charge in [0.05, 0.1) is 36.7 Å². The summed E-state index contributed by atoms with van der Waals surface area (Å²) in [5.74, 6) is 0.356. The molecule has 1 amide bonds. The van der Waals surface area contributed by atoms with E-state index in [1.54, 1.807) is 0 Å². The van der Waals surface area contributed by atoms with Gasteiger partial charge in [-0.25, -0.2) is 4.90 Å². The molecule has 10 heteroatoms. The summed E-state index contributed by atoms with van der Waals surface area (Å²) in [4.78, 5) is 24.0. The number of nitriles is 1. The molecule has 7 rings (SSSR count). The molecule has 4 heterocycles. The van der Waals surface area contributed by atoms with Gasteiger partial charge in [0.15, 0.2) is 6.35 Å². The van der Waals surface area contributed by atoms with Crippen molar-refractivity contribution in [2.24, 2.45) is 5.92 Å². The lowest BCUT2D eigenvalue weighted by Crippen LogP contribution is -2.75. The summed E-state index contributed by atoms with van der Waals surface area (Å²) in [5, 5.41) is 14.1. The highest BCUT2D eigenvalue weighted by molar-refractivity contribution is 8.00. The Hall–Kier alpha value is -1.64. The number of carbonyl (C=O) groups is 1. The average Bonchev–Trinajstić information content (AvgIpc) is 3.31. The van der Waals surface area contributed by atoms with Gasteiger partial charge in [0, 0.05) is 53.3 Å². The van der Waals surface area contributed by atoms with Crippen LogP contribution in [0.1, 0.15) is 94.4 Å². The number of amides is 1. The smallest absolute Gasteiger partial charge is 0.246 e. The molecule has 0 aromatic heterocycles. The van der Waals surface area contributed by atoms with Crippen molar-refractivity contribution < 1.29 is 9.53 Å². The number of ether oxygens (including phenoxy) is 1. The molecule has 7 unspecified atom stereocenters. The fraction of sp³-hybridized carbons (Fsp3) is 0.737. The lowest BCUT2D eigenvalue weighted by Gasteiger charge is -2.61. The fourth-order valence-electron chi connectivity index (χ4n) is 10.0. The SMILES string of the molecule is C=CC(=O)N1CCN(C2C3CC[C@@]4(CC(Cl)c5ccccc5S4)CC3NC(OCC3CCCN3C)N2C2CCCCCC2)CC1CC#N. The van der Waals surface area contributed by atoms with Crippen LogP contribution in [0.15, 0.2) is 41.8 Å². The Morgan fingerprint density at radius 1 is 1.10 bits per heavy atom. The van der Waals surface area contributed by atoms with Gasteiger partial charge in [-0.05, 0) is 82.7 Å². The van der Waals surface area contributed by atoms with Gasteiger partial charge in [-0.1, -0.05) is 50.5 Å². The number of thioether (sulfide) groups is 1. The predicted molar refractivity (Wildman–Crippen MR) is 193 cm³/mol. The van der Waals surface area contributed by atoms with Gasteiger partial charge in [0.1, 0.15) is 0 Å². The van der Waals surface area contributed by atoms with Crippen LogP contribution >= 0.6 is 23.4 Å². The number of benzene rings is 1. The zero-order chi connectivity index (χ0) is 33.3. The third-order valence-corrected chi connectivity index (χ3v) is 14.5. The summed E-state index contributed by atoms with van der Waals surface area (Å²) >= 11 is 9.22. The standard InChI is InChI=1S/C38H55ClN6O2S/c1-3-35(46)44-22-21-43(25-28(44)17-19-40)36-31-16-18-38(23-32(39)30-14-8-9-15-34(30)48-38)24-33(31)41-37(47-26-29-13-10-20-42(29)2)45(36)27-11-6-4-5-7-12-27/h3,8-9,14-15,27-29,31-33,36-37,41H,1,4-7,10-13,16-18,20-26H2,2H3/t28?,29?,31?,32?,33?,36?,37?,38-/m1/s1. The molecule has 0 bridgehead atoms. The van der Waals surface area contributed by atoms with E-state index >= 15 is 0 Å². The first-order valence-electron chi connectivity index (χ1n) is 18.7. The summed E-state index contributed by atoms with van der Waals surface area (Å²) in [6.45, 7) is 7.77. The van der Waals surface area contributed by atoms with Crippen molar-refractivity contribution in [2.75, 3.05) is 39.8 Å². The van der Waals surface area contributed by atoms with E-state index in [1.165, 1.54) is 67.9 Å². The molecule has 0 radical (unpaired) electrons. The number of piperazine rings is 1. The molecule has 8 atom stereocenters. The van der Waals surface area contributed by atoms with Crippen molar-refractivity contribution >= 4 is 29.3 Å². The molecule has 4 aliphatic heterocycles. The number of nitrogens with one attached hydrogen (secondary N) is 1. The van der Waals surface area contributed by atoms with Crippen LogP contribution in [0, 0.1) is 17.2 Å². The van der Waals surface area contributed by atoms with E-state index in [2.05, 4.69) is 75.7 Å². The number of hydrogen-bond acceptors (Lipinski definition) is 8. The number of rotatable bonds is 7. The van der Waals surface area contributed by atoms with E-state index in [1.807, 2.05) is 4.90 Å². The first-order valence-corrected chi connectivity index (χ1v) is 20.0. The molecule has 1 N–H and O–H groups in total. The number of hydrogen-bond donors (Lipinski definition) is 1. The van der Waals surface area contributed by atoms with E-state index in [4.69, 9.17) is 16.3 Å². The van der Waals surface area contributed by atoms with Gasteiger partial charge >= 0.3 is 0 Å². The van der Waals surface area contributed by atoms with E-state index < -0.39 is 0 Å². The molecular formula is C38H55ClN6O2S. The third kappa shape index (κ3) is 7.10. The molecule has 1 spiro atoms. The second-order valence-electron chi connectivity index (χ2n) is 15.4. The van der Waals surface area contributed by atoms with Gasteiger partial charge in [-0.15, -0.1) is 23.4 Å². The summed E-state index contributed by atoms with van der Waals surface area (Å²) in [6.07, 6.45) is 16.0. The van der Waals surface area contributed by atoms with Crippen molar-refractivity contribution in [1.82, 2.24) is 24.9 Å². The van der Waals surface area contributed by atoms with Gasteiger partial charge in [-0.3, -0.25) is 15.0 Å². The maximum absolute atomic E-state index is 12.9. The quantitative estimate of drug-likeness (QED) is 0.202. The molecule has 3 saturated heterocycles. The minimum absolute atomic E-state index is 0.0352. The summed E-state index contributed by atoms with van der Waals surface area (Å²) in [6, 6.07) is 12.2. The zero-order valence-corrected chi connectivity index (χ0v) is 30.4. The first-order chi connectivity index (χ1) is 23.4. The van der Waals surface area contributed by atoms with Crippen molar-refractivity contribution in [3.63, 3.8) is 0 Å². The molecule has 6 aliphatic rings. The summed E-state index contributed by atoms with van der Waals surface area (Å²) < 4.78 is 7.20. The van der Waals surface area contributed by atoms with Crippen molar-refractivity contribution in [3.8, 4) is 6.07 Å². The predicted octanol–water partition coefficient (Wildman–Crippen LogP) is 6.33. The lowest BCUT2D eigenvalue weighted by molar-refractivity contribution is -0.214. The Balaban J connectivity index is 1.22. The molecule has 2 saturated carbocycles. The van der Waals surface area contributed by atoms with E-state index in [0.717, 1.165) is 45.4 Å². The maximum Gasteiger partial charge on any atom is 0.246 e. The van der Waals surface area contributed by atoms with Crippen molar-refractivity contribution in [1.29, 1.82) is 5.26 Å². The number of likely N-dealkylation sites (N-methyl/N-ethyl adjacent to an activating group) is 1. The van der Waals surface area contributed by atoms with Crippen molar-refractivity contribution in [2.45, 2.75) is 135 Å². The largest absolute Gasteiger partial charge is 0.348 e. The van der Waals surface area contributed by atoms with Gasteiger partial charge in [0.25, 0.3) is 0 Å². The number of halogens is 1. The number of nitrogens with zero attached hydrogens (tertiary/aromatic N) is 5. The highest BCUT2D eigenvalue weighted by Crippen LogP contribution is 2.57. The Morgan fingerprint density at radius 3 is 2.67 bits per heavy atom. The van der Waals surface area contributed by atoms with Crippen LogP contribution < -0.4 is 5.32 Å². The Kier molecular flexibility index (Phi) is 11.1. The minimum atomic E-state index is -0.168. The van der Waals surface area contributed by atoms with Crippen LogP contribution in [0.25, 0.3) is 0 Å². The van der Waals surface area contributed by atoms with Crippen LogP contribution in [-0.4, -0.2) is 107 Å². The number of fused-ring (bicyclic) bond motifs is 2. The van der Waals surface area contributed by atoms with Gasteiger partial charge in [-0.2, -0.15) is 5.26 Å². The minimum Gasteiger partial charge on any atom is -0.348 e. The van der Waals surface area contributed by atoms with Crippen LogP contribution in [-0.2, 0) is 9.53 Å². The second-order valence-corrected chi connectivity index (χ2v) is 17.4. The number of likely N-dealkylation sites (tertiary alicyclic amines) is 1. The highest BCUT2D eigenvalue weighted by Gasteiger charge is 2.55. The summed E-state index contributed by atoms with van der Waals surface area (Å²) in [5.41, 5.74) is 1.28. The second kappa shape index (κ2) is 15.3. The zero-order valence-electron chi connectivity index (χ0n) is 28.8. The van der Waals surface area contributed by atoms with Crippen LogP contribution in [0.2, 0.25) is 0 Å².